The molecule has 2 aliphatic rings. The molecule has 3 aromatic rings. The van der Waals surface area contributed by atoms with E-state index in [9.17, 15) is 14.0 Å². The maximum Gasteiger partial charge on any atom is 0.309 e. The van der Waals surface area contributed by atoms with Crippen LogP contribution in [0.25, 0.3) is 5.69 Å². The van der Waals surface area contributed by atoms with Gasteiger partial charge in [0.25, 0.3) is 5.56 Å². The number of fused-ring (bicyclic) bond motifs is 1. The molecule has 1 aliphatic carbocycles. The standard InChI is InChI=1S/C29H33FN4O3/c1-16-10-20(11-17(2)21(16)15-33-13-19(14-33)28(36)37)34-9-8-31-26(27(34)35)32-23-7-6-22(30)25-24(23)18(3)12-29(25,4)5/h6-11,18-19H,12-15H2,1-5H3,(H,31,32)(H,36,37). The Hall–Kier alpha value is -3.52. The highest BCUT2D eigenvalue weighted by molar-refractivity contribution is 5.71. The first-order chi connectivity index (χ1) is 17.5. The Bertz CT molecular complexity index is 1430. The summed E-state index contributed by atoms with van der Waals surface area (Å²) in [5.41, 5.74) is 5.74. The third-order valence-corrected chi connectivity index (χ3v) is 7.92. The quantitative estimate of drug-likeness (QED) is 0.490. The smallest absolute Gasteiger partial charge is 0.309 e. The molecule has 2 aromatic carbocycles. The number of nitrogens with zero attached hydrogens (tertiary/aromatic N) is 3. The summed E-state index contributed by atoms with van der Waals surface area (Å²) in [6.45, 7) is 12.0. The number of aliphatic carboxylic acids is 1. The SMILES string of the molecule is Cc1cc(-n2ccnc(Nc3ccc(F)c4c3C(C)CC4(C)C)c2=O)cc(C)c1CN1CC(C(=O)O)C1. The summed E-state index contributed by atoms with van der Waals surface area (Å²) in [4.78, 5) is 31.0. The average molecular weight is 505 g/mol. The molecule has 2 heterocycles. The minimum absolute atomic E-state index is 0.157. The fourth-order valence-corrected chi connectivity index (χ4v) is 6.14. The number of benzene rings is 2. The van der Waals surface area contributed by atoms with Crippen molar-refractivity contribution in [3.63, 3.8) is 0 Å². The Morgan fingerprint density at radius 2 is 1.89 bits per heavy atom. The number of likely N-dealkylation sites (tertiary alicyclic amines) is 1. The van der Waals surface area contributed by atoms with Crippen molar-refractivity contribution in [3.05, 3.63) is 80.6 Å². The van der Waals surface area contributed by atoms with Gasteiger partial charge in [-0.2, -0.15) is 0 Å². The average Bonchev–Trinajstić information content (AvgIpc) is 3.04. The van der Waals surface area contributed by atoms with Crippen LogP contribution < -0.4 is 10.9 Å². The predicted molar refractivity (Wildman–Crippen MR) is 141 cm³/mol. The van der Waals surface area contributed by atoms with Crippen molar-refractivity contribution in [1.82, 2.24) is 14.5 Å². The number of carboxylic acids is 1. The number of carboxylic acid groups (broad SMARTS) is 1. The number of rotatable bonds is 6. The van der Waals surface area contributed by atoms with Crippen molar-refractivity contribution < 1.29 is 14.3 Å². The van der Waals surface area contributed by atoms with Crippen molar-refractivity contribution in [1.29, 1.82) is 0 Å². The molecule has 0 radical (unpaired) electrons. The van der Waals surface area contributed by atoms with E-state index in [-0.39, 0.29) is 34.4 Å². The summed E-state index contributed by atoms with van der Waals surface area (Å²) in [6, 6.07) is 7.10. The normalized spacial score (nSPS) is 18.9. The van der Waals surface area contributed by atoms with E-state index in [1.807, 2.05) is 26.0 Å². The lowest BCUT2D eigenvalue weighted by molar-refractivity contribution is -0.147. The molecule has 1 unspecified atom stereocenters. The molecule has 1 aromatic heterocycles. The minimum atomic E-state index is -0.745. The Kier molecular flexibility index (Phi) is 6.18. The Morgan fingerprint density at radius 3 is 2.54 bits per heavy atom. The number of anilines is 2. The van der Waals surface area contributed by atoms with Crippen LogP contribution in [0.4, 0.5) is 15.9 Å². The predicted octanol–water partition coefficient (Wildman–Crippen LogP) is 5.03. The highest BCUT2D eigenvalue weighted by Crippen LogP contribution is 2.49. The third-order valence-electron chi connectivity index (χ3n) is 7.92. The summed E-state index contributed by atoms with van der Waals surface area (Å²) in [6.07, 6.45) is 4.07. The van der Waals surface area contributed by atoms with Gasteiger partial charge in [0.1, 0.15) is 5.82 Å². The molecule has 8 heteroatoms. The second-order valence-electron chi connectivity index (χ2n) is 11.2. The van der Waals surface area contributed by atoms with Gasteiger partial charge in [-0.3, -0.25) is 19.1 Å². The number of hydrogen-bond acceptors (Lipinski definition) is 5. The van der Waals surface area contributed by atoms with E-state index < -0.39 is 5.97 Å². The number of carbonyl (C=O) groups is 1. The Morgan fingerprint density at radius 1 is 1.22 bits per heavy atom. The molecule has 0 saturated carbocycles. The molecule has 1 saturated heterocycles. The van der Waals surface area contributed by atoms with Gasteiger partial charge in [-0.25, -0.2) is 9.37 Å². The van der Waals surface area contributed by atoms with Crippen molar-refractivity contribution in [2.45, 2.75) is 58.9 Å². The molecule has 7 nitrogen and oxygen atoms in total. The lowest BCUT2D eigenvalue weighted by Crippen LogP contribution is -2.49. The zero-order valence-corrected chi connectivity index (χ0v) is 21.9. The fraction of sp³-hybridized carbons (Fsp3) is 0.414. The largest absolute Gasteiger partial charge is 0.481 e. The van der Waals surface area contributed by atoms with Crippen LogP contribution in [0.3, 0.4) is 0 Å². The summed E-state index contributed by atoms with van der Waals surface area (Å²) < 4.78 is 16.3. The lowest BCUT2D eigenvalue weighted by Gasteiger charge is -2.37. The van der Waals surface area contributed by atoms with Gasteiger partial charge < -0.3 is 10.4 Å². The van der Waals surface area contributed by atoms with Gasteiger partial charge in [0.05, 0.1) is 5.92 Å². The summed E-state index contributed by atoms with van der Waals surface area (Å²) in [5, 5.41) is 12.3. The summed E-state index contributed by atoms with van der Waals surface area (Å²) >= 11 is 0. The van der Waals surface area contributed by atoms with Crippen molar-refractivity contribution in [3.8, 4) is 5.69 Å². The molecule has 5 rings (SSSR count). The zero-order valence-electron chi connectivity index (χ0n) is 21.9. The molecule has 1 atom stereocenters. The van der Waals surface area contributed by atoms with E-state index in [1.165, 1.54) is 6.07 Å². The van der Waals surface area contributed by atoms with Crippen LogP contribution in [0.2, 0.25) is 0 Å². The van der Waals surface area contributed by atoms with Gasteiger partial charge in [0.15, 0.2) is 5.82 Å². The first-order valence-corrected chi connectivity index (χ1v) is 12.7. The van der Waals surface area contributed by atoms with E-state index in [0.29, 0.717) is 30.9 Å². The molecular formula is C29H33FN4O3. The second kappa shape index (κ2) is 9.10. The van der Waals surface area contributed by atoms with Crippen LogP contribution in [0.5, 0.6) is 0 Å². The van der Waals surface area contributed by atoms with Crippen molar-refractivity contribution in [2.24, 2.45) is 5.92 Å². The molecule has 0 bridgehead atoms. The van der Waals surface area contributed by atoms with Crippen LogP contribution in [0.15, 0.2) is 41.5 Å². The maximum absolute atomic E-state index is 14.8. The molecule has 37 heavy (non-hydrogen) atoms. The molecule has 194 valence electrons. The van der Waals surface area contributed by atoms with Crippen LogP contribution in [0, 0.1) is 25.6 Å². The monoisotopic (exact) mass is 504 g/mol. The van der Waals surface area contributed by atoms with Crippen molar-refractivity contribution in [2.75, 3.05) is 18.4 Å². The van der Waals surface area contributed by atoms with Gasteiger partial charge in [0.2, 0.25) is 0 Å². The maximum atomic E-state index is 14.8. The Labute approximate surface area is 216 Å². The summed E-state index contributed by atoms with van der Waals surface area (Å²) in [7, 11) is 0. The molecule has 2 N–H and O–H groups in total. The number of aromatic nitrogens is 2. The Balaban J connectivity index is 1.44. The molecule has 0 amide bonds. The van der Waals surface area contributed by atoms with Crippen LogP contribution in [-0.4, -0.2) is 38.6 Å². The van der Waals surface area contributed by atoms with E-state index in [2.05, 4.69) is 36.0 Å². The van der Waals surface area contributed by atoms with E-state index in [0.717, 1.165) is 34.4 Å². The highest BCUT2D eigenvalue weighted by atomic mass is 19.1. The number of nitrogens with one attached hydrogen (secondary N) is 1. The van der Waals surface area contributed by atoms with Gasteiger partial charge in [-0.05, 0) is 83.7 Å². The molecule has 0 spiro atoms. The fourth-order valence-electron chi connectivity index (χ4n) is 6.14. The lowest BCUT2D eigenvalue weighted by atomic mass is 9.86. The minimum Gasteiger partial charge on any atom is -0.481 e. The van der Waals surface area contributed by atoms with Crippen LogP contribution in [0.1, 0.15) is 60.9 Å². The first-order valence-electron chi connectivity index (χ1n) is 12.7. The molecule has 1 aliphatic heterocycles. The number of hydrogen-bond donors (Lipinski definition) is 2. The van der Waals surface area contributed by atoms with Gasteiger partial charge >= 0.3 is 5.97 Å². The zero-order chi connectivity index (χ0) is 26.6. The summed E-state index contributed by atoms with van der Waals surface area (Å²) in [5.74, 6) is -0.906. The number of aryl methyl sites for hydroxylation is 2. The molecular weight excluding hydrogens is 471 g/mol. The van der Waals surface area contributed by atoms with E-state index in [4.69, 9.17) is 5.11 Å². The van der Waals surface area contributed by atoms with Gasteiger partial charge in [-0.1, -0.05) is 20.8 Å². The number of halogens is 1. The highest BCUT2D eigenvalue weighted by Gasteiger charge is 2.39. The first kappa shape index (κ1) is 25.1. The van der Waals surface area contributed by atoms with Crippen LogP contribution >= 0.6 is 0 Å². The third kappa shape index (κ3) is 4.44. The molecule has 1 fully saturated rings. The van der Waals surface area contributed by atoms with Gasteiger partial charge in [0, 0.05) is 43.4 Å². The second-order valence-corrected chi connectivity index (χ2v) is 11.2. The van der Waals surface area contributed by atoms with E-state index >= 15 is 0 Å². The van der Waals surface area contributed by atoms with E-state index in [1.54, 1.807) is 23.0 Å². The van der Waals surface area contributed by atoms with Gasteiger partial charge in [-0.15, -0.1) is 0 Å². The topological polar surface area (TPSA) is 87.5 Å². The van der Waals surface area contributed by atoms with Crippen molar-refractivity contribution >= 4 is 17.5 Å². The van der Waals surface area contributed by atoms with Crippen LogP contribution in [-0.2, 0) is 16.8 Å².